The van der Waals surface area contributed by atoms with Crippen molar-refractivity contribution < 1.29 is 9.47 Å². The molecular formula is C19H30ClIN4O2. The lowest BCUT2D eigenvalue weighted by atomic mass is 10.0. The number of rotatable bonds is 6. The van der Waals surface area contributed by atoms with Gasteiger partial charge in [-0.1, -0.05) is 23.7 Å². The fraction of sp³-hybridized carbons (Fsp3) is 0.632. The van der Waals surface area contributed by atoms with E-state index in [-0.39, 0.29) is 36.1 Å². The quantitative estimate of drug-likeness (QED) is 0.352. The number of hydrogen-bond donors (Lipinski definition) is 2. The van der Waals surface area contributed by atoms with Crippen molar-refractivity contribution in [1.82, 2.24) is 15.5 Å². The lowest BCUT2D eigenvalue weighted by Gasteiger charge is -2.35. The van der Waals surface area contributed by atoms with Gasteiger partial charge >= 0.3 is 0 Å². The van der Waals surface area contributed by atoms with Crippen molar-refractivity contribution in [2.45, 2.75) is 25.0 Å². The molecule has 0 radical (unpaired) electrons. The van der Waals surface area contributed by atoms with Gasteiger partial charge in [0.2, 0.25) is 0 Å². The van der Waals surface area contributed by atoms with Gasteiger partial charge in [0, 0.05) is 44.9 Å². The molecule has 0 spiro atoms. The third-order valence-corrected chi connectivity index (χ3v) is 5.16. The van der Waals surface area contributed by atoms with E-state index in [1.54, 1.807) is 7.05 Å². The van der Waals surface area contributed by atoms with Crippen LogP contribution in [0, 0.1) is 0 Å². The van der Waals surface area contributed by atoms with Crippen molar-refractivity contribution in [1.29, 1.82) is 0 Å². The molecule has 2 aliphatic heterocycles. The Hall–Kier alpha value is -0.610. The minimum atomic E-state index is 0. The van der Waals surface area contributed by atoms with Crippen LogP contribution in [-0.4, -0.2) is 70.0 Å². The maximum atomic E-state index is 6.23. The normalized spacial score (nSPS) is 22.1. The van der Waals surface area contributed by atoms with Gasteiger partial charge < -0.3 is 20.1 Å². The molecule has 2 aliphatic rings. The van der Waals surface area contributed by atoms with Gasteiger partial charge in [-0.2, -0.15) is 0 Å². The molecular weight excluding hydrogens is 479 g/mol. The van der Waals surface area contributed by atoms with Gasteiger partial charge in [0.15, 0.2) is 5.96 Å². The van der Waals surface area contributed by atoms with Crippen molar-refractivity contribution in [2.24, 2.45) is 4.99 Å². The van der Waals surface area contributed by atoms with Gasteiger partial charge in [0.25, 0.3) is 0 Å². The topological polar surface area (TPSA) is 58.1 Å². The number of benzene rings is 1. The Morgan fingerprint density at radius 1 is 1.30 bits per heavy atom. The molecule has 2 N–H and O–H groups in total. The first kappa shape index (κ1) is 22.7. The molecule has 0 aromatic heterocycles. The molecule has 2 unspecified atom stereocenters. The van der Waals surface area contributed by atoms with E-state index in [0.29, 0.717) is 0 Å². The Morgan fingerprint density at radius 2 is 2.11 bits per heavy atom. The van der Waals surface area contributed by atoms with Crippen LogP contribution < -0.4 is 10.6 Å². The van der Waals surface area contributed by atoms with Crippen molar-refractivity contribution in [2.75, 3.05) is 53.0 Å². The predicted molar refractivity (Wildman–Crippen MR) is 120 cm³/mol. The van der Waals surface area contributed by atoms with Crippen LogP contribution in [-0.2, 0) is 9.47 Å². The maximum Gasteiger partial charge on any atom is 0.191 e. The Labute approximate surface area is 184 Å². The molecule has 0 saturated carbocycles. The zero-order chi connectivity index (χ0) is 18.2. The number of morpholine rings is 1. The average Bonchev–Trinajstić information content (AvgIpc) is 3.19. The molecule has 1 aromatic rings. The summed E-state index contributed by atoms with van der Waals surface area (Å²) in [5.74, 6) is 0.806. The molecule has 0 bridgehead atoms. The number of aliphatic imine (C=N–C) groups is 1. The highest BCUT2D eigenvalue weighted by atomic mass is 127. The molecule has 2 saturated heterocycles. The van der Waals surface area contributed by atoms with Crippen LogP contribution in [0.3, 0.4) is 0 Å². The van der Waals surface area contributed by atoms with Crippen molar-refractivity contribution >= 4 is 41.5 Å². The summed E-state index contributed by atoms with van der Waals surface area (Å²) >= 11 is 6.23. The van der Waals surface area contributed by atoms with E-state index < -0.39 is 0 Å². The van der Waals surface area contributed by atoms with Crippen LogP contribution in [0.2, 0.25) is 5.02 Å². The molecule has 6 nitrogen and oxygen atoms in total. The average molecular weight is 509 g/mol. The first-order chi connectivity index (χ1) is 12.8. The summed E-state index contributed by atoms with van der Waals surface area (Å²) in [4.78, 5) is 6.79. The van der Waals surface area contributed by atoms with Gasteiger partial charge in [-0.15, -0.1) is 24.0 Å². The SMILES string of the molecule is CN=C(NCC1CCCO1)NCC(c1cccc(Cl)c1)N1CCOCC1.I. The largest absolute Gasteiger partial charge is 0.379 e. The van der Waals surface area contributed by atoms with Crippen molar-refractivity contribution in [3.8, 4) is 0 Å². The van der Waals surface area contributed by atoms with E-state index in [1.165, 1.54) is 5.56 Å². The Bertz CT molecular complexity index is 593. The summed E-state index contributed by atoms with van der Waals surface area (Å²) in [6, 6.07) is 8.33. The Kier molecular flexibility index (Phi) is 10.1. The van der Waals surface area contributed by atoms with E-state index in [2.05, 4.69) is 26.6 Å². The molecule has 152 valence electrons. The number of nitrogens with zero attached hydrogens (tertiary/aromatic N) is 2. The molecule has 8 heteroatoms. The highest BCUT2D eigenvalue weighted by Crippen LogP contribution is 2.24. The lowest BCUT2D eigenvalue weighted by molar-refractivity contribution is 0.0170. The van der Waals surface area contributed by atoms with E-state index in [0.717, 1.165) is 69.8 Å². The van der Waals surface area contributed by atoms with E-state index >= 15 is 0 Å². The van der Waals surface area contributed by atoms with Crippen LogP contribution in [0.5, 0.6) is 0 Å². The summed E-state index contributed by atoms with van der Waals surface area (Å²) in [6.45, 7) is 5.78. The van der Waals surface area contributed by atoms with Crippen molar-refractivity contribution in [3.63, 3.8) is 0 Å². The fourth-order valence-corrected chi connectivity index (χ4v) is 3.69. The van der Waals surface area contributed by atoms with E-state index in [9.17, 15) is 0 Å². The van der Waals surface area contributed by atoms with Crippen LogP contribution >= 0.6 is 35.6 Å². The molecule has 27 heavy (non-hydrogen) atoms. The fourth-order valence-electron chi connectivity index (χ4n) is 3.49. The summed E-state index contributed by atoms with van der Waals surface area (Å²) < 4.78 is 11.2. The third kappa shape index (κ3) is 7.05. The summed E-state index contributed by atoms with van der Waals surface area (Å²) in [7, 11) is 1.80. The molecule has 2 heterocycles. The third-order valence-electron chi connectivity index (χ3n) is 4.93. The van der Waals surface area contributed by atoms with Crippen LogP contribution in [0.25, 0.3) is 0 Å². The van der Waals surface area contributed by atoms with Crippen LogP contribution in [0.1, 0.15) is 24.4 Å². The van der Waals surface area contributed by atoms with Crippen LogP contribution in [0.4, 0.5) is 0 Å². The number of guanidine groups is 1. The minimum absolute atomic E-state index is 0. The molecule has 0 amide bonds. The first-order valence-electron chi connectivity index (χ1n) is 9.39. The Balaban J connectivity index is 0.00000261. The predicted octanol–water partition coefficient (Wildman–Crippen LogP) is 2.68. The molecule has 0 aliphatic carbocycles. The number of hydrogen-bond acceptors (Lipinski definition) is 4. The van der Waals surface area contributed by atoms with Crippen LogP contribution in [0.15, 0.2) is 29.3 Å². The second kappa shape index (κ2) is 12.1. The number of nitrogens with one attached hydrogen (secondary N) is 2. The van der Waals surface area contributed by atoms with Gasteiger partial charge in [-0.3, -0.25) is 9.89 Å². The standard InChI is InChI=1S/C19H29ClN4O2.HI/c1-21-19(22-13-17-6-3-9-26-17)23-14-18(24-7-10-25-11-8-24)15-4-2-5-16(20)12-15;/h2,4-5,12,17-18H,3,6-11,13-14H2,1H3,(H2,21,22,23);1H. The smallest absolute Gasteiger partial charge is 0.191 e. The molecule has 2 fully saturated rings. The Morgan fingerprint density at radius 3 is 2.78 bits per heavy atom. The summed E-state index contributed by atoms with van der Waals surface area (Å²) in [6.07, 6.45) is 2.55. The first-order valence-corrected chi connectivity index (χ1v) is 9.77. The van der Waals surface area contributed by atoms with E-state index in [4.69, 9.17) is 21.1 Å². The molecule has 3 rings (SSSR count). The minimum Gasteiger partial charge on any atom is -0.379 e. The molecule has 2 atom stereocenters. The van der Waals surface area contributed by atoms with Gasteiger partial charge in [-0.05, 0) is 30.5 Å². The van der Waals surface area contributed by atoms with E-state index in [1.807, 2.05) is 18.2 Å². The van der Waals surface area contributed by atoms with Gasteiger partial charge in [0.05, 0.1) is 25.4 Å². The van der Waals surface area contributed by atoms with Gasteiger partial charge in [-0.25, -0.2) is 0 Å². The highest BCUT2D eigenvalue weighted by Gasteiger charge is 2.23. The monoisotopic (exact) mass is 508 g/mol. The highest BCUT2D eigenvalue weighted by molar-refractivity contribution is 14.0. The lowest BCUT2D eigenvalue weighted by Crippen LogP contribution is -2.47. The van der Waals surface area contributed by atoms with Crippen molar-refractivity contribution in [3.05, 3.63) is 34.9 Å². The van der Waals surface area contributed by atoms with Gasteiger partial charge in [0.1, 0.15) is 0 Å². The summed E-state index contributed by atoms with van der Waals surface area (Å²) in [5.41, 5.74) is 1.21. The molecule has 1 aromatic carbocycles. The maximum absolute atomic E-state index is 6.23. The zero-order valence-electron chi connectivity index (χ0n) is 15.8. The zero-order valence-corrected chi connectivity index (χ0v) is 18.9. The second-order valence-corrected chi connectivity index (χ2v) is 7.12. The number of ether oxygens (including phenoxy) is 2. The second-order valence-electron chi connectivity index (χ2n) is 6.69. The number of halogens is 2. The summed E-state index contributed by atoms with van der Waals surface area (Å²) in [5, 5.41) is 7.61.